The predicted octanol–water partition coefficient (Wildman–Crippen LogP) is 3.24. The van der Waals surface area contributed by atoms with Gasteiger partial charge >= 0.3 is 5.97 Å². The third-order valence-corrected chi connectivity index (χ3v) is 4.04. The topological polar surface area (TPSA) is 56.3 Å². The van der Waals surface area contributed by atoms with Crippen molar-refractivity contribution in [2.75, 3.05) is 13.1 Å². The van der Waals surface area contributed by atoms with E-state index in [0.717, 1.165) is 36.2 Å². The van der Waals surface area contributed by atoms with Gasteiger partial charge in [-0.25, -0.2) is 4.79 Å². The molecule has 1 aromatic heterocycles. The van der Waals surface area contributed by atoms with Crippen LogP contribution in [0.1, 0.15) is 41.7 Å². The first kappa shape index (κ1) is 13.2. The molecule has 2 aromatic rings. The summed E-state index contributed by atoms with van der Waals surface area (Å²) in [5, 5.41) is 10.2. The molecule has 4 nitrogen and oxygen atoms in total. The Balaban J connectivity index is 1.85. The van der Waals surface area contributed by atoms with Gasteiger partial charge in [0.1, 0.15) is 0 Å². The Morgan fingerprint density at radius 2 is 1.95 bits per heavy atom. The van der Waals surface area contributed by atoms with Crippen LogP contribution < -0.4 is 0 Å². The number of H-pyrrole nitrogens is 1. The summed E-state index contributed by atoms with van der Waals surface area (Å²) in [6.45, 7) is 3.16. The third kappa shape index (κ3) is 2.70. The van der Waals surface area contributed by atoms with E-state index in [1.807, 2.05) is 6.07 Å². The lowest BCUT2D eigenvalue weighted by molar-refractivity contribution is 0.0699. The number of carboxylic acid groups (broad SMARTS) is 1. The zero-order valence-corrected chi connectivity index (χ0v) is 11.6. The van der Waals surface area contributed by atoms with Gasteiger partial charge in [-0.15, -0.1) is 0 Å². The minimum absolute atomic E-state index is 0.351. The van der Waals surface area contributed by atoms with Crippen molar-refractivity contribution in [3.63, 3.8) is 0 Å². The van der Waals surface area contributed by atoms with E-state index in [1.165, 1.54) is 25.7 Å². The number of aromatic carboxylic acids is 1. The van der Waals surface area contributed by atoms with Crippen molar-refractivity contribution in [1.29, 1.82) is 0 Å². The molecule has 1 aliphatic rings. The van der Waals surface area contributed by atoms with E-state index in [9.17, 15) is 9.90 Å². The fourth-order valence-corrected chi connectivity index (χ4v) is 3.01. The average Bonchev–Trinajstić information content (AvgIpc) is 2.65. The number of fused-ring (bicyclic) bond motifs is 1. The summed E-state index contributed by atoms with van der Waals surface area (Å²) in [7, 11) is 0. The summed E-state index contributed by atoms with van der Waals surface area (Å²) in [5.74, 6) is -0.876. The number of para-hydroxylation sites is 1. The Morgan fingerprint density at radius 1 is 1.20 bits per heavy atom. The van der Waals surface area contributed by atoms with Gasteiger partial charge in [-0.3, -0.25) is 4.90 Å². The molecule has 1 aromatic carbocycles. The van der Waals surface area contributed by atoms with Crippen LogP contribution in [-0.4, -0.2) is 34.0 Å². The number of carbonyl (C=O) groups is 1. The van der Waals surface area contributed by atoms with Gasteiger partial charge in [0.05, 0.1) is 11.1 Å². The van der Waals surface area contributed by atoms with Crippen LogP contribution in [0.5, 0.6) is 0 Å². The maximum Gasteiger partial charge on any atom is 0.337 e. The van der Waals surface area contributed by atoms with Crippen LogP contribution in [0.15, 0.2) is 24.3 Å². The highest BCUT2D eigenvalue weighted by atomic mass is 16.4. The SMILES string of the molecule is O=C(O)c1cccc2cc(CN3CCCCCC3)[nH]c12. The van der Waals surface area contributed by atoms with Crippen molar-refractivity contribution in [1.82, 2.24) is 9.88 Å². The maximum absolute atomic E-state index is 11.2. The molecule has 0 radical (unpaired) electrons. The Morgan fingerprint density at radius 3 is 2.65 bits per heavy atom. The molecule has 3 rings (SSSR count). The van der Waals surface area contributed by atoms with Crippen LogP contribution in [0.4, 0.5) is 0 Å². The molecule has 20 heavy (non-hydrogen) atoms. The van der Waals surface area contributed by atoms with Crippen LogP contribution in [-0.2, 0) is 6.54 Å². The van der Waals surface area contributed by atoms with E-state index >= 15 is 0 Å². The van der Waals surface area contributed by atoms with Crippen molar-refractivity contribution in [2.45, 2.75) is 32.2 Å². The van der Waals surface area contributed by atoms with Gasteiger partial charge in [0.25, 0.3) is 0 Å². The standard InChI is InChI=1S/C16H20N2O2/c19-16(20)14-7-5-6-12-10-13(17-15(12)14)11-18-8-3-1-2-4-9-18/h5-7,10,17H,1-4,8-9,11H2,(H,19,20). The second-order valence-electron chi connectivity index (χ2n) is 5.56. The highest BCUT2D eigenvalue weighted by Crippen LogP contribution is 2.21. The largest absolute Gasteiger partial charge is 0.478 e. The summed E-state index contributed by atoms with van der Waals surface area (Å²) >= 11 is 0. The number of hydrogen-bond acceptors (Lipinski definition) is 2. The van der Waals surface area contributed by atoms with Gasteiger partial charge in [-0.2, -0.15) is 0 Å². The highest BCUT2D eigenvalue weighted by Gasteiger charge is 2.13. The molecule has 0 aliphatic carbocycles. The number of nitrogens with zero attached hydrogens (tertiary/aromatic N) is 1. The van der Waals surface area contributed by atoms with Crippen LogP contribution in [0.2, 0.25) is 0 Å². The van der Waals surface area contributed by atoms with E-state index in [4.69, 9.17) is 0 Å². The van der Waals surface area contributed by atoms with E-state index in [-0.39, 0.29) is 0 Å². The maximum atomic E-state index is 11.2. The van der Waals surface area contributed by atoms with Crippen molar-refractivity contribution < 1.29 is 9.90 Å². The zero-order chi connectivity index (χ0) is 13.9. The molecule has 0 bridgehead atoms. The molecule has 0 saturated carbocycles. The summed E-state index contributed by atoms with van der Waals surface area (Å²) in [6.07, 6.45) is 5.18. The fraction of sp³-hybridized carbons (Fsp3) is 0.438. The van der Waals surface area contributed by atoms with Gasteiger partial charge < -0.3 is 10.1 Å². The number of hydrogen-bond donors (Lipinski definition) is 2. The highest BCUT2D eigenvalue weighted by molar-refractivity contribution is 6.02. The summed E-state index contributed by atoms with van der Waals surface area (Å²) in [5.41, 5.74) is 2.20. The molecule has 2 heterocycles. The molecule has 0 unspecified atom stereocenters. The van der Waals surface area contributed by atoms with Crippen LogP contribution >= 0.6 is 0 Å². The Hall–Kier alpha value is -1.81. The summed E-state index contributed by atoms with van der Waals surface area (Å²) in [4.78, 5) is 17.0. The summed E-state index contributed by atoms with van der Waals surface area (Å²) < 4.78 is 0. The third-order valence-electron chi connectivity index (χ3n) is 4.04. The molecule has 2 N–H and O–H groups in total. The van der Waals surface area contributed by atoms with E-state index in [1.54, 1.807) is 12.1 Å². The number of carboxylic acids is 1. The van der Waals surface area contributed by atoms with Crippen LogP contribution in [0.3, 0.4) is 0 Å². The monoisotopic (exact) mass is 272 g/mol. The number of nitrogens with one attached hydrogen (secondary N) is 1. The molecule has 0 atom stereocenters. The Labute approximate surface area is 118 Å². The van der Waals surface area contributed by atoms with Crippen LogP contribution in [0, 0.1) is 0 Å². The molecule has 1 aliphatic heterocycles. The first-order chi connectivity index (χ1) is 9.74. The fourth-order valence-electron chi connectivity index (χ4n) is 3.01. The summed E-state index contributed by atoms with van der Waals surface area (Å²) in [6, 6.07) is 7.49. The lowest BCUT2D eigenvalue weighted by Crippen LogP contribution is -2.24. The zero-order valence-electron chi connectivity index (χ0n) is 11.6. The van der Waals surface area contributed by atoms with Gasteiger partial charge in [-0.1, -0.05) is 25.0 Å². The smallest absolute Gasteiger partial charge is 0.337 e. The second kappa shape index (κ2) is 5.67. The molecule has 4 heteroatoms. The molecular weight excluding hydrogens is 252 g/mol. The molecule has 106 valence electrons. The molecule has 1 saturated heterocycles. The van der Waals surface area contributed by atoms with Gasteiger partial charge in [0.2, 0.25) is 0 Å². The first-order valence-electron chi connectivity index (χ1n) is 7.30. The Kier molecular flexibility index (Phi) is 3.74. The van der Waals surface area contributed by atoms with E-state index in [2.05, 4.69) is 16.0 Å². The normalized spacial score (nSPS) is 17.2. The first-order valence-corrected chi connectivity index (χ1v) is 7.30. The minimum Gasteiger partial charge on any atom is -0.478 e. The molecule has 1 fully saturated rings. The van der Waals surface area contributed by atoms with E-state index in [0.29, 0.717) is 5.56 Å². The van der Waals surface area contributed by atoms with Gasteiger partial charge in [0, 0.05) is 17.6 Å². The van der Waals surface area contributed by atoms with E-state index < -0.39 is 5.97 Å². The minimum atomic E-state index is -0.876. The number of rotatable bonds is 3. The van der Waals surface area contributed by atoms with Crippen molar-refractivity contribution in [3.05, 3.63) is 35.5 Å². The molecule has 0 spiro atoms. The number of benzene rings is 1. The Bertz CT molecular complexity index is 610. The predicted molar refractivity (Wildman–Crippen MR) is 79.0 cm³/mol. The molecule has 0 amide bonds. The van der Waals surface area contributed by atoms with Gasteiger partial charge in [0.15, 0.2) is 0 Å². The van der Waals surface area contributed by atoms with Crippen LogP contribution in [0.25, 0.3) is 10.9 Å². The number of aromatic amines is 1. The number of likely N-dealkylation sites (tertiary alicyclic amines) is 1. The lowest BCUT2D eigenvalue weighted by atomic mass is 10.1. The second-order valence-corrected chi connectivity index (χ2v) is 5.56. The van der Waals surface area contributed by atoms with Crippen molar-refractivity contribution in [2.24, 2.45) is 0 Å². The quantitative estimate of drug-likeness (QED) is 0.901. The van der Waals surface area contributed by atoms with Crippen molar-refractivity contribution >= 4 is 16.9 Å². The molecular formula is C16H20N2O2. The number of aromatic nitrogens is 1. The lowest BCUT2D eigenvalue weighted by Gasteiger charge is -2.18. The van der Waals surface area contributed by atoms with Crippen molar-refractivity contribution in [3.8, 4) is 0 Å². The average molecular weight is 272 g/mol. The van der Waals surface area contributed by atoms with Gasteiger partial charge in [-0.05, 0) is 38.1 Å².